The maximum Gasteiger partial charge on any atom is 0.286 e. The molecule has 0 unspecified atom stereocenters. The van der Waals surface area contributed by atoms with Gasteiger partial charge in [-0.3, -0.25) is 4.79 Å². The SMILES string of the molecule is NC(=O)c1ncc([CH]C2CCC(F)(F)CC2)cn1. The second kappa shape index (κ2) is 4.96. The van der Waals surface area contributed by atoms with Crippen molar-refractivity contribution in [3.63, 3.8) is 0 Å². The van der Waals surface area contributed by atoms with E-state index in [2.05, 4.69) is 9.97 Å². The van der Waals surface area contributed by atoms with E-state index >= 15 is 0 Å². The highest BCUT2D eigenvalue weighted by Crippen LogP contribution is 2.37. The molecule has 0 spiro atoms. The van der Waals surface area contributed by atoms with Gasteiger partial charge in [0, 0.05) is 25.2 Å². The average molecular weight is 254 g/mol. The summed E-state index contributed by atoms with van der Waals surface area (Å²) < 4.78 is 25.9. The van der Waals surface area contributed by atoms with Crippen molar-refractivity contribution in [3.05, 3.63) is 30.2 Å². The molecular weight excluding hydrogens is 240 g/mol. The zero-order chi connectivity index (χ0) is 13.2. The smallest absolute Gasteiger partial charge is 0.286 e. The number of rotatable bonds is 3. The number of aromatic nitrogens is 2. The minimum absolute atomic E-state index is 0.0395. The van der Waals surface area contributed by atoms with Crippen LogP contribution in [0.1, 0.15) is 41.9 Å². The van der Waals surface area contributed by atoms with Crippen LogP contribution in [0.4, 0.5) is 8.78 Å². The van der Waals surface area contributed by atoms with Gasteiger partial charge in [0.05, 0.1) is 0 Å². The summed E-state index contributed by atoms with van der Waals surface area (Å²) in [7, 11) is 0. The lowest BCUT2D eigenvalue weighted by molar-refractivity contribution is -0.0422. The first-order valence-corrected chi connectivity index (χ1v) is 5.81. The highest BCUT2D eigenvalue weighted by Gasteiger charge is 2.34. The third-order valence-electron chi connectivity index (χ3n) is 3.08. The number of hydrogen-bond donors (Lipinski definition) is 1. The number of halogens is 2. The lowest BCUT2D eigenvalue weighted by Crippen LogP contribution is -2.25. The van der Waals surface area contributed by atoms with E-state index in [4.69, 9.17) is 5.73 Å². The molecule has 18 heavy (non-hydrogen) atoms. The number of primary amides is 1. The van der Waals surface area contributed by atoms with Crippen LogP contribution in [0.5, 0.6) is 0 Å². The minimum Gasteiger partial charge on any atom is -0.363 e. The first-order chi connectivity index (χ1) is 8.46. The quantitative estimate of drug-likeness (QED) is 0.896. The Morgan fingerprint density at radius 1 is 1.33 bits per heavy atom. The summed E-state index contributed by atoms with van der Waals surface area (Å²) in [4.78, 5) is 18.4. The predicted octanol–water partition coefficient (Wildman–Crippen LogP) is 1.95. The van der Waals surface area contributed by atoms with Crippen LogP contribution in [0.25, 0.3) is 0 Å². The molecule has 6 heteroatoms. The van der Waals surface area contributed by atoms with Crippen LogP contribution < -0.4 is 5.73 Å². The van der Waals surface area contributed by atoms with E-state index in [0.29, 0.717) is 12.8 Å². The molecule has 2 rings (SSSR count). The Balaban J connectivity index is 1.92. The number of carbonyl (C=O) groups excluding carboxylic acids is 1. The van der Waals surface area contributed by atoms with Crippen LogP contribution in [0.15, 0.2) is 12.4 Å². The van der Waals surface area contributed by atoms with Crippen molar-refractivity contribution in [2.45, 2.75) is 31.6 Å². The molecule has 1 radical (unpaired) electrons. The zero-order valence-electron chi connectivity index (χ0n) is 9.77. The van der Waals surface area contributed by atoms with E-state index in [-0.39, 0.29) is 24.6 Å². The van der Waals surface area contributed by atoms with E-state index in [9.17, 15) is 13.6 Å². The molecule has 2 N–H and O–H groups in total. The van der Waals surface area contributed by atoms with E-state index in [1.807, 2.05) is 6.42 Å². The number of hydrogen-bond acceptors (Lipinski definition) is 3. The van der Waals surface area contributed by atoms with Gasteiger partial charge in [-0.05, 0) is 30.7 Å². The minimum atomic E-state index is -2.52. The van der Waals surface area contributed by atoms with E-state index in [1.54, 1.807) is 0 Å². The summed E-state index contributed by atoms with van der Waals surface area (Å²) in [5.41, 5.74) is 5.75. The summed E-state index contributed by atoms with van der Waals surface area (Å²) in [6, 6.07) is 0. The Bertz CT molecular complexity index is 423. The van der Waals surface area contributed by atoms with Crippen LogP contribution in [0.3, 0.4) is 0 Å². The fraction of sp³-hybridized carbons (Fsp3) is 0.500. The van der Waals surface area contributed by atoms with Crippen molar-refractivity contribution < 1.29 is 13.6 Å². The monoisotopic (exact) mass is 254 g/mol. The van der Waals surface area contributed by atoms with Crippen LogP contribution in [0.2, 0.25) is 0 Å². The van der Waals surface area contributed by atoms with Gasteiger partial charge < -0.3 is 5.73 Å². The summed E-state index contributed by atoms with van der Waals surface area (Å²) in [5.74, 6) is -3.12. The molecule has 0 aromatic carbocycles. The van der Waals surface area contributed by atoms with Gasteiger partial charge in [-0.15, -0.1) is 0 Å². The number of amides is 1. The number of alkyl halides is 2. The summed E-state index contributed by atoms with van der Waals surface area (Å²) in [6.45, 7) is 0. The molecule has 97 valence electrons. The van der Waals surface area contributed by atoms with Gasteiger partial charge >= 0.3 is 0 Å². The van der Waals surface area contributed by atoms with Crippen molar-refractivity contribution >= 4 is 5.91 Å². The van der Waals surface area contributed by atoms with Crippen molar-refractivity contribution in [3.8, 4) is 0 Å². The van der Waals surface area contributed by atoms with Crippen LogP contribution >= 0.6 is 0 Å². The molecule has 1 aromatic heterocycles. The molecule has 4 nitrogen and oxygen atoms in total. The summed E-state index contributed by atoms with van der Waals surface area (Å²) in [5, 5.41) is 0. The molecule has 0 aliphatic heterocycles. The van der Waals surface area contributed by atoms with E-state index in [1.165, 1.54) is 12.4 Å². The molecule has 0 atom stereocenters. The van der Waals surface area contributed by atoms with Crippen molar-refractivity contribution in [1.29, 1.82) is 0 Å². The lowest BCUT2D eigenvalue weighted by Gasteiger charge is -2.27. The van der Waals surface area contributed by atoms with Gasteiger partial charge in [-0.25, -0.2) is 18.7 Å². The Morgan fingerprint density at radius 2 is 1.89 bits per heavy atom. The van der Waals surface area contributed by atoms with Gasteiger partial charge in [0.1, 0.15) is 0 Å². The Hall–Kier alpha value is -1.59. The molecule has 1 saturated carbocycles. The molecule has 1 aliphatic carbocycles. The van der Waals surface area contributed by atoms with Crippen LogP contribution in [-0.2, 0) is 0 Å². The molecule has 1 aliphatic rings. The fourth-order valence-electron chi connectivity index (χ4n) is 2.05. The normalized spacial score (nSPS) is 19.7. The molecule has 1 aromatic rings. The third kappa shape index (κ3) is 3.21. The second-order valence-electron chi connectivity index (χ2n) is 4.56. The van der Waals surface area contributed by atoms with Crippen LogP contribution in [-0.4, -0.2) is 21.8 Å². The van der Waals surface area contributed by atoms with Crippen molar-refractivity contribution in [2.24, 2.45) is 11.7 Å². The number of carbonyl (C=O) groups is 1. The van der Waals surface area contributed by atoms with E-state index in [0.717, 1.165) is 5.56 Å². The summed E-state index contributed by atoms with van der Waals surface area (Å²) in [6.07, 6.45) is 5.62. The first-order valence-electron chi connectivity index (χ1n) is 5.81. The standard InChI is InChI=1S/C12H14F2N3O/c13-12(14)3-1-8(2-4-12)5-9-6-16-11(10(15)18)17-7-9/h5-8H,1-4H2,(H2,15,18). The molecule has 0 saturated heterocycles. The first kappa shape index (κ1) is 12.9. The van der Waals surface area contributed by atoms with Crippen molar-refractivity contribution in [1.82, 2.24) is 9.97 Å². The van der Waals surface area contributed by atoms with Crippen LogP contribution in [0, 0.1) is 12.3 Å². The second-order valence-corrected chi connectivity index (χ2v) is 4.56. The maximum absolute atomic E-state index is 13.0. The summed E-state index contributed by atoms with van der Waals surface area (Å²) >= 11 is 0. The lowest BCUT2D eigenvalue weighted by atomic mass is 9.83. The number of nitrogens with two attached hydrogens (primary N) is 1. The Kier molecular flexibility index (Phi) is 3.54. The highest BCUT2D eigenvalue weighted by molar-refractivity contribution is 5.88. The van der Waals surface area contributed by atoms with Gasteiger partial charge in [-0.1, -0.05) is 0 Å². The molecular formula is C12H14F2N3O. The molecule has 1 heterocycles. The number of nitrogens with zero attached hydrogens (tertiary/aromatic N) is 2. The van der Waals surface area contributed by atoms with Gasteiger partial charge in [0.15, 0.2) is 0 Å². The predicted molar refractivity (Wildman–Crippen MR) is 60.9 cm³/mol. The topological polar surface area (TPSA) is 68.9 Å². The average Bonchev–Trinajstić information content (AvgIpc) is 2.33. The third-order valence-corrected chi connectivity index (χ3v) is 3.08. The Labute approximate surface area is 104 Å². The Morgan fingerprint density at radius 3 is 2.39 bits per heavy atom. The fourth-order valence-corrected chi connectivity index (χ4v) is 2.05. The molecule has 0 bridgehead atoms. The van der Waals surface area contributed by atoms with Gasteiger partial charge in [-0.2, -0.15) is 0 Å². The van der Waals surface area contributed by atoms with Gasteiger partial charge in [0.25, 0.3) is 5.91 Å². The zero-order valence-corrected chi connectivity index (χ0v) is 9.77. The van der Waals surface area contributed by atoms with Crippen molar-refractivity contribution in [2.75, 3.05) is 0 Å². The highest BCUT2D eigenvalue weighted by atomic mass is 19.3. The largest absolute Gasteiger partial charge is 0.363 e. The van der Waals surface area contributed by atoms with E-state index < -0.39 is 11.8 Å². The molecule has 1 fully saturated rings. The maximum atomic E-state index is 13.0. The molecule has 1 amide bonds. The van der Waals surface area contributed by atoms with Gasteiger partial charge in [0.2, 0.25) is 11.7 Å².